The van der Waals surface area contributed by atoms with Crippen molar-refractivity contribution in [3.63, 3.8) is 0 Å². The Morgan fingerprint density at radius 2 is 2.00 bits per heavy atom. The van der Waals surface area contributed by atoms with Crippen LogP contribution in [0.2, 0.25) is 0 Å². The summed E-state index contributed by atoms with van der Waals surface area (Å²) in [6.45, 7) is 5.09. The van der Waals surface area contributed by atoms with Gasteiger partial charge in [0.1, 0.15) is 5.82 Å². The molecule has 0 aliphatic rings. The number of nitrogens with zero attached hydrogens (tertiary/aromatic N) is 5. The van der Waals surface area contributed by atoms with Gasteiger partial charge in [-0.1, -0.05) is 0 Å². The topological polar surface area (TPSA) is 107 Å². The first-order chi connectivity index (χ1) is 9.90. The van der Waals surface area contributed by atoms with Crippen molar-refractivity contribution < 1.29 is 8.42 Å². The third kappa shape index (κ3) is 2.82. The lowest BCUT2D eigenvalue weighted by Crippen LogP contribution is -2.24. The van der Waals surface area contributed by atoms with Crippen molar-refractivity contribution in [2.75, 3.05) is 30.0 Å². The maximum absolute atomic E-state index is 12.1. The maximum atomic E-state index is 12.1. The third-order valence-electron chi connectivity index (χ3n) is 3.07. The fraction of sp³-hybridized carbons (Fsp3) is 0.417. The molecule has 114 valence electrons. The summed E-state index contributed by atoms with van der Waals surface area (Å²) in [5, 5.41) is 12.0. The molecule has 0 aliphatic heterocycles. The van der Waals surface area contributed by atoms with Gasteiger partial charge in [0.05, 0.1) is 0 Å². The highest BCUT2D eigenvalue weighted by Gasteiger charge is 2.27. The molecular weight excluding hydrogens is 292 g/mol. The summed E-state index contributed by atoms with van der Waals surface area (Å²) < 4.78 is 25.4. The van der Waals surface area contributed by atoms with E-state index in [-0.39, 0.29) is 10.7 Å². The Labute approximate surface area is 123 Å². The van der Waals surface area contributed by atoms with Gasteiger partial charge in [0.25, 0.3) is 0 Å². The zero-order valence-corrected chi connectivity index (χ0v) is 13.0. The predicted molar refractivity (Wildman–Crippen MR) is 80.2 cm³/mol. The summed E-state index contributed by atoms with van der Waals surface area (Å²) in [7, 11) is -3.51. The van der Waals surface area contributed by atoms with Crippen molar-refractivity contribution in [3.8, 4) is 5.82 Å². The number of hydrogen-bond donors (Lipinski definition) is 1. The smallest absolute Gasteiger partial charge is 0.182 e. The van der Waals surface area contributed by atoms with Crippen LogP contribution in [0.4, 0.5) is 11.6 Å². The van der Waals surface area contributed by atoms with E-state index in [1.54, 1.807) is 12.1 Å². The summed E-state index contributed by atoms with van der Waals surface area (Å²) in [5.41, 5.74) is 6.00. The van der Waals surface area contributed by atoms with Gasteiger partial charge in [-0.25, -0.2) is 8.42 Å². The van der Waals surface area contributed by atoms with Gasteiger partial charge in [-0.2, -0.15) is 9.78 Å². The molecule has 0 amide bonds. The maximum Gasteiger partial charge on any atom is 0.182 e. The van der Waals surface area contributed by atoms with E-state index in [4.69, 9.17) is 5.73 Å². The molecule has 0 fully saturated rings. The minimum atomic E-state index is -3.51. The summed E-state index contributed by atoms with van der Waals surface area (Å²) in [5.74, 6) is 0.754. The zero-order valence-electron chi connectivity index (χ0n) is 12.2. The standard InChI is InChI=1S/C12H18N6O2S/c1-4-17(5-2)12-10(21(3,19)20)11(13)18(16-12)9-7-6-8-14-15-9/h6-8H,4-5,13H2,1-3H3. The Kier molecular flexibility index (Phi) is 4.12. The van der Waals surface area contributed by atoms with E-state index in [2.05, 4.69) is 15.3 Å². The highest BCUT2D eigenvalue weighted by atomic mass is 32.2. The Balaban J connectivity index is 2.72. The highest BCUT2D eigenvalue weighted by molar-refractivity contribution is 7.91. The summed E-state index contributed by atoms with van der Waals surface area (Å²) in [6, 6.07) is 3.34. The van der Waals surface area contributed by atoms with E-state index in [0.717, 1.165) is 6.26 Å². The number of rotatable bonds is 5. The fourth-order valence-corrected chi connectivity index (χ4v) is 3.04. The zero-order chi connectivity index (χ0) is 15.6. The molecule has 0 radical (unpaired) electrons. The van der Waals surface area contributed by atoms with Gasteiger partial charge in [0.15, 0.2) is 26.4 Å². The van der Waals surface area contributed by atoms with Crippen LogP contribution >= 0.6 is 0 Å². The molecule has 0 unspecified atom stereocenters. The number of hydrogen-bond acceptors (Lipinski definition) is 7. The Hall–Kier alpha value is -2.16. The largest absolute Gasteiger partial charge is 0.382 e. The molecule has 0 aliphatic carbocycles. The Morgan fingerprint density at radius 3 is 2.48 bits per heavy atom. The van der Waals surface area contributed by atoms with Crippen molar-refractivity contribution >= 4 is 21.5 Å². The predicted octanol–water partition coefficient (Wildman–Crippen LogP) is 0.494. The number of aromatic nitrogens is 4. The first-order valence-corrected chi connectivity index (χ1v) is 8.40. The minimum Gasteiger partial charge on any atom is -0.382 e. The van der Waals surface area contributed by atoms with Gasteiger partial charge < -0.3 is 10.6 Å². The quantitative estimate of drug-likeness (QED) is 0.856. The second-order valence-electron chi connectivity index (χ2n) is 4.48. The molecule has 2 rings (SSSR count). The van der Waals surface area contributed by atoms with Gasteiger partial charge in [0, 0.05) is 25.5 Å². The molecule has 0 bridgehead atoms. The average molecular weight is 310 g/mol. The van der Waals surface area contributed by atoms with Crippen LogP contribution in [0.1, 0.15) is 13.8 Å². The molecule has 0 saturated heterocycles. The van der Waals surface area contributed by atoms with Crippen molar-refractivity contribution in [1.82, 2.24) is 20.0 Å². The van der Waals surface area contributed by atoms with Crippen LogP contribution < -0.4 is 10.6 Å². The first-order valence-electron chi connectivity index (χ1n) is 6.51. The van der Waals surface area contributed by atoms with Gasteiger partial charge in [0.2, 0.25) is 0 Å². The molecule has 2 aromatic rings. The van der Waals surface area contributed by atoms with E-state index < -0.39 is 9.84 Å². The molecule has 2 aromatic heterocycles. The second kappa shape index (κ2) is 5.68. The summed E-state index contributed by atoms with van der Waals surface area (Å²) in [4.78, 5) is 1.86. The average Bonchev–Trinajstić information content (AvgIpc) is 2.79. The Bertz CT molecular complexity index is 722. The first kappa shape index (κ1) is 15.2. The molecule has 0 saturated carbocycles. The molecule has 21 heavy (non-hydrogen) atoms. The van der Waals surface area contributed by atoms with Crippen molar-refractivity contribution in [2.45, 2.75) is 18.7 Å². The van der Waals surface area contributed by atoms with E-state index in [9.17, 15) is 8.42 Å². The van der Waals surface area contributed by atoms with Crippen LogP contribution in [0, 0.1) is 0 Å². The van der Waals surface area contributed by atoms with Gasteiger partial charge in [-0.05, 0) is 26.0 Å². The van der Waals surface area contributed by atoms with Crippen LogP contribution in [0.15, 0.2) is 23.2 Å². The molecular formula is C12H18N6O2S. The molecule has 9 heteroatoms. The monoisotopic (exact) mass is 310 g/mol. The summed E-state index contributed by atoms with van der Waals surface area (Å²) in [6.07, 6.45) is 2.64. The van der Waals surface area contributed by atoms with Crippen LogP contribution in [0.5, 0.6) is 0 Å². The lowest BCUT2D eigenvalue weighted by Gasteiger charge is -2.18. The van der Waals surface area contributed by atoms with E-state index in [1.165, 1.54) is 10.9 Å². The lowest BCUT2D eigenvalue weighted by molar-refractivity contribution is 0.602. The van der Waals surface area contributed by atoms with Crippen LogP contribution in [-0.4, -0.2) is 47.7 Å². The number of nitrogens with two attached hydrogens (primary N) is 1. The van der Waals surface area contributed by atoms with Gasteiger partial charge >= 0.3 is 0 Å². The number of nitrogen functional groups attached to an aromatic ring is 1. The normalized spacial score (nSPS) is 11.6. The highest BCUT2D eigenvalue weighted by Crippen LogP contribution is 2.31. The van der Waals surface area contributed by atoms with Crippen molar-refractivity contribution in [1.29, 1.82) is 0 Å². The van der Waals surface area contributed by atoms with Crippen LogP contribution in [0.25, 0.3) is 5.82 Å². The number of sulfone groups is 1. The SMILES string of the molecule is CCN(CC)c1nn(-c2cccnn2)c(N)c1S(C)(=O)=O. The van der Waals surface area contributed by atoms with Crippen LogP contribution in [-0.2, 0) is 9.84 Å². The van der Waals surface area contributed by atoms with E-state index >= 15 is 0 Å². The van der Waals surface area contributed by atoms with E-state index in [1.807, 2.05) is 18.7 Å². The Morgan fingerprint density at radius 1 is 1.33 bits per heavy atom. The molecule has 8 nitrogen and oxygen atoms in total. The van der Waals surface area contributed by atoms with Crippen LogP contribution in [0.3, 0.4) is 0 Å². The lowest BCUT2D eigenvalue weighted by atomic mass is 10.4. The third-order valence-corrected chi connectivity index (χ3v) is 4.20. The van der Waals surface area contributed by atoms with Gasteiger partial charge in [-0.15, -0.1) is 10.2 Å². The van der Waals surface area contributed by atoms with Crippen molar-refractivity contribution in [3.05, 3.63) is 18.3 Å². The van der Waals surface area contributed by atoms with Crippen molar-refractivity contribution in [2.24, 2.45) is 0 Å². The van der Waals surface area contributed by atoms with Gasteiger partial charge in [-0.3, -0.25) is 0 Å². The summed E-state index contributed by atoms with van der Waals surface area (Å²) >= 11 is 0. The molecule has 0 aromatic carbocycles. The van der Waals surface area contributed by atoms with E-state index in [0.29, 0.717) is 24.7 Å². The second-order valence-corrected chi connectivity index (χ2v) is 6.43. The fourth-order valence-electron chi connectivity index (χ4n) is 2.07. The molecule has 2 heterocycles. The molecule has 0 spiro atoms. The minimum absolute atomic E-state index is 0.0249. The molecule has 2 N–H and O–H groups in total. The molecule has 0 atom stereocenters. The number of anilines is 2.